The van der Waals surface area contributed by atoms with Crippen LogP contribution in [0.2, 0.25) is 0 Å². The third-order valence-corrected chi connectivity index (χ3v) is 13.0. The molecule has 6 nitrogen and oxygen atoms in total. The Kier molecular flexibility index (Phi) is 6.88. The summed E-state index contributed by atoms with van der Waals surface area (Å²) >= 11 is 0. The number of ether oxygens (including phenoxy) is 2. The molecule has 224 valence electrons. The largest absolute Gasteiger partial charge is 0.390 e. The van der Waals surface area contributed by atoms with Gasteiger partial charge < -0.3 is 24.8 Å². The van der Waals surface area contributed by atoms with Gasteiger partial charge in [0.2, 0.25) is 0 Å². The molecule has 0 aromatic heterocycles. The lowest BCUT2D eigenvalue weighted by molar-refractivity contribution is -0.187. The summed E-state index contributed by atoms with van der Waals surface area (Å²) in [6, 6.07) is 0. The smallest absolute Gasteiger partial charge is 0.159 e. The molecule has 5 aliphatic carbocycles. The Morgan fingerprint density at radius 1 is 1.07 bits per heavy atom. The van der Waals surface area contributed by atoms with E-state index in [2.05, 4.69) is 60.6 Å². The predicted octanol–water partition coefficient (Wildman–Crippen LogP) is 4.85. The van der Waals surface area contributed by atoms with Gasteiger partial charge in [0.25, 0.3) is 0 Å². The summed E-state index contributed by atoms with van der Waals surface area (Å²) in [5.41, 5.74) is -1.78. The molecule has 0 aromatic carbocycles. The third kappa shape index (κ3) is 3.81. The van der Waals surface area contributed by atoms with E-state index in [1.165, 1.54) is 0 Å². The van der Waals surface area contributed by atoms with E-state index in [0.717, 1.165) is 24.8 Å². The van der Waals surface area contributed by atoms with Crippen LogP contribution in [0.25, 0.3) is 0 Å². The number of allylic oxidation sites excluding steroid dienone is 2. The molecule has 0 bridgehead atoms. The standard InChI is InChI=1S/C34H52O6/c1-18(2)17-39-33(30-29(40-30)20(5)19(3)4)11-8-9-21-13-22-23(34(38)12-10-28(33)32(21,34)7)14-25(35)24-15-26(36)27(37)16-31(22,24)6/h8-9,14,18-22,24,26-30,36-38H,10-13,15-17H2,1-7H3/t20-,21-,22+,24+,26-,27+,28+,29+,30-,31-,32-,33-,34-/m1/s1. The molecule has 0 amide bonds. The number of carbonyl (C=O) groups is 1. The van der Waals surface area contributed by atoms with Crippen LogP contribution in [0.1, 0.15) is 87.0 Å². The van der Waals surface area contributed by atoms with Crippen LogP contribution in [0.3, 0.4) is 0 Å². The molecule has 3 saturated carbocycles. The number of aliphatic hydroxyl groups excluding tert-OH is 2. The van der Waals surface area contributed by atoms with Gasteiger partial charge in [-0.15, -0.1) is 0 Å². The van der Waals surface area contributed by atoms with E-state index in [-0.39, 0.29) is 48.1 Å². The maximum absolute atomic E-state index is 13.7. The highest BCUT2D eigenvalue weighted by molar-refractivity contribution is 5.95. The molecule has 0 unspecified atom stereocenters. The molecular weight excluding hydrogens is 504 g/mol. The average Bonchev–Trinajstić information content (AvgIpc) is 3.64. The Balaban J connectivity index is 1.44. The van der Waals surface area contributed by atoms with Crippen LogP contribution < -0.4 is 0 Å². The van der Waals surface area contributed by atoms with Crippen molar-refractivity contribution in [2.24, 2.45) is 52.3 Å². The first kappa shape index (κ1) is 29.0. The predicted molar refractivity (Wildman–Crippen MR) is 153 cm³/mol. The average molecular weight is 557 g/mol. The summed E-state index contributed by atoms with van der Waals surface area (Å²) in [7, 11) is 0. The SMILES string of the molecule is CC(C)CO[C@]1([C@@H]2O[C@H]2[C@H](C)C(C)C)CC=C[C@@H]2C[C@H]3C(=CC(=O)[C@@H]4C[C@@H](O)[C@@H](O)C[C@@]43C)[C@]3(O)CC[C@H]1[C@@]23C. The number of ketones is 1. The van der Waals surface area contributed by atoms with E-state index in [9.17, 15) is 20.1 Å². The Labute approximate surface area is 240 Å². The van der Waals surface area contributed by atoms with Gasteiger partial charge in [-0.2, -0.15) is 0 Å². The van der Waals surface area contributed by atoms with Crippen LogP contribution in [-0.2, 0) is 14.3 Å². The van der Waals surface area contributed by atoms with Crippen molar-refractivity contribution in [1.29, 1.82) is 0 Å². The number of hydrogen-bond acceptors (Lipinski definition) is 6. The Morgan fingerprint density at radius 3 is 2.48 bits per heavy atom. The molecule has 6 aliphatic rings. The summed E-state index contributed by atoms with van der Waals surface area (Å²) in [6.45, 7) is 16.2. The van der Waals surface area contributed by atoms with Crippen molar-refractivity contribution in [3.05, 3.63) is 23.8 Å². The number of aliphatic hydroxyl groups is 3. The van der Waals surface area contributed by atoms with Crippen molar-refractivity contribution in [3.63, 3.8) is 0 Å². The molecule has 1 saturated heterocycles. The van der Waals surface area contributed by atoms with E-state index < -0.39 is 34.2 Å². The summed E-state index contributed by atoms with van der Waals surface area (Å²) in [5, 5.41) is 34.1. The molecule has 6 heteroatoms. The van der Waals surface area contributed by atoms with E-state index in [1.807, 2.05) is 0 Å². The first-order chi connectivity index (χ1) is 18.7. The fraction of sp³-hybridized carbons (Fsp3) is 0.853. The van der Waals surface area contributed by atoms with Crippen LogP contribution in [0.15, 0.2) is 23.8 Å². The van der Waals surface area contributed by atoms with Gasteiger partial charge in [-0.05, 0) is 91.1 Å². The van der Waals surface area contributed by atoms with Gasteiger partial charge in [0, 0.05) is 17.9 Å². The van der Waals surface area contributed by atoms with Gasteiger partial charge >= 0.3 is 0 Å². The molecule has 0 aromatic rings. The van der Waals surface area contributed by atoms with Crippen LogP contribution in [-0.4, -0.2) is 63.3 Å². The fourth-order valence-corrected chi connectivity index (χ4v) is 10.2. The lowest BCUT2D eigenvalue weighted by Crippen LogP contribution is -2.65. The van der Waals surface area contributed by atoms with E-state index >= 15 is 0 Å². The summed E-state index contributed by atoms with van der Waals surface area (Å²) in [4.78, 5) is 13.7. The third-order valence-electron chi connectivity index (χ3n) is 13.0. The fourth-order valence-electron chi connectivity index (χ4n) is 10.2. The normalized spacial score (nSPS) is 52.1. The first-order valence-corrected chi connectivity index (χ1v) is 16.0. The molecular formula is C34H52O6. The Morgan fingerprint density at radius 2 is 1.80 bits per heavy atom. The van der Waals surface area contributed by atoms with Crippen molar-refractivity contribution in [3.8, 4) is 0 Å². The zero-order valence-corrected chi connectivity index (χ0v) is 25.6. The lowest BCUT2D eigenvalue weighted by atomic mass is 9.43. The lowest BCUT2D eigenvalue weighted by Gasteiger charge is -2.62. The number of fused-ring (bicyclic) bond motifs is 4. The maximum Gasteiger partial charge on any atom is 0.159 e. The summed E-state index contributed by atoms with van der Waals surface area (Å²) in [5.74, 6) is 1.16. The molecule has 0 radical (unpaired) electrons. The highest BCUT2D eigenvalue weighted by atomic mass is 16.6. The molecule has 4 fully saturated rings. The van der Waals surface area contributed by atoms with Crippen molar-refractivity contribution in [1.82, 2.24) is 0 Å². The number of carbonyl (C=O) groups excluding carboxylic acids is 1. The minimum absolute atomic E-state index is 0.00135. The van der Waals surface area contributed by atoms with Crippen molar-refractivity contribution >= 4 is 5.78 Å². The summed E-state index contributed by atoms with van der Waals surface area (Å²) < 4.78 is 13.6. The van der Waals surface area contributed by atoms with Crippen molar-refractivity contribution in [2.45, 2.75) is 123 Å². The summed E-state index contributed by atoms with van der Waals surface area (Å²) in [6.07, 6.45) is 8.52. The topological polar surface area (TPSA) is 99.5 Å². The maximum atomic E-state index is 13.7. The quantitative estimate of drug-likeness (QED) is 0.320. The van der Waals surface area contributed by atoms with Crippen molar-refractivity contribution in [2.75, 3.05) is 6.61 Å². The van der Waals surface area contributed by atoms with Gasteiger partial charge in [-0.25, -0.2) is 0 Å². The molecule has 1 aliphatic heterocycles. The highest BCUT2D eigenvalue weighted by Crippen LogP contribution is 2.72. The van der Waals surface area contributed by atoms with Gasteiger partial charge in [0.05, 0.1) is 23.9 Å². The number of epoxide rings is 1. The van der Waals surface area contributed by atoms with Gasteiger partial charge in [-0.1, -0.05) is 60.6 Å². The van der Waals surface area contributed by atoms with Crippen LogP contribution in [0, 0.1) is 52.3 Å². The zero-order chi connectivity index (χ0) is 29.0. The second kappa shape index (κ2) is 9.47. The highest BCUT2D eigenvalue weighted by Gasteiger charge is 2.75. The van der Waals surface area contributed by atoms with Gasteiger partial charge in [0.15, 0.2) is 5.78 Å². The Hall–Kier alpha value is -1.05. The van der Waals surface area contributed by atoms with Gasteiger partial charge in [-0.3, -0.25) is 4.79 Å². The van der Waals surface area contributed by atoms with E-state index in [1.54, 1.807) is 6.08 Å². The minimum Gasteiger partial charge on any atom is -0.390 e. The van der Waals surface area contributed by atoms with E-state index in [4.69, 9.17) is 9.47 Å². The van der Waals surface area contributed by atoms with Crippen LogP contribution in [0.4, 0.5) is 0 Å². The first-order valence-electron chi connectivity index (χ1n) is 16.0. The second-order valence-corrected chi connectivity index (χ2v) is 15.7. The molecule has 40 heavy (non-hydrogen) atoms. The van der Waals surface area contributed by atoms with Gasteiger partial charge in [0.1, 0.15) is 11.7 Å². The monoisotopic (exact) mass is 556 g/mol. The molecule has 1 heterocycles. The molecule has 3 N–H and O–H groups in total. The van der Waals surface area contributed by atoms with Crippen molar-refractivity contribution < 1.29 is 29.6 Å². The Bertz CT molecular complexity index is 1100. The van der Waals surface area contributed by atoms with Crippen LogP contribution in [0.5, 0.6) is 0 Å². The number of rotatable bonds is 6. The van der Waals surface area contributed by atoms with E-state index in [0.29, 0.717) is 37.2 Å². The molecule has 0 spiro atoms. The number of hydrogen-bond donors (Lipinski definition) is 3. The zero-order valence-electron chi connectivity index (χ0n) is 25.6. The second-order valence-electron chi connectivity index (χ2n) is 15.7. The van der Waals surface area contributed by atoms with Crippen LogP contribution >= 0.6 is 0 Å². The molecule has 13 atom stereocenters. The molecule has 6 rings (SSSR count). The minimum atomic E-state index is -1.13.